The molecule has 0 unspecified atom stereocenters. The van der Waals surface area contributed by atoms with Crippen molar-refractivity contribution >= 4 is 33.2 Å². The van der Waals surface area contributed by atoms with Crippen molar-refractivity contribution in [2.75, 3.05) is 30.3 Å². The zero-order valence-corrected chi connectivity index (χ0v) is 19.1. The molecule has 0 aliphatic rings. The third-order valence-corrected chi connectivity index (χ3v) is 5.87. The van der Waals surface area contributed by atoms with Gasteiger partial charge in [-0.25, -0.2) is 8.42 Å². The van der Waals surface area contributed by atoms with E-state index in [2.05, 4.69) is 5.32 Å². The molecule has 0 saturated heterocycles. The highest BCUT2D eigenvalue weighted by atomic mass is 35.5. The third-order valence-electron chi connectivity index (χ3n) is 4.43. The number of halogens is 4. The van der Waals surface area contributed by atoms with Crippen LogP contribution < -0.4 is 14.4 Å². The number of anilines is 1. The standard InChI is InChI=1S/C21H24ClF3N2O4S/c1-3-31-17-9-6-15(7-10-17)5-4-12-26-20(28)14-27(32(2,29)30)19-13-16(21(23,24)25)8-11-18(19)22/h6-11,13H,3-5,12,14H2,1-2H3,(H,26,28). The van der Waals surface area contributed by atoms with Gasteiger partial charge in [0.2, 0.25) is 15.9 Å². The van der Waals surface area contributed by atoms with Gasteiger partial charge in [-0.05, 0) is 55.7 Å². The summed E-state index contributed by atoms with van der Waals surface area (Å²) < 4.78 is 69.4. The lowest BCUT2D eigenvalue weighted by molar-refractivity contribution is -0.137. The van der Waals surface area contributed by atoms with E-state index in [1.807, 2.05) is 31.2 Å². The van der Waals surface area contributed by atoms with Gasteiger partial charge in [-0.1, -0.05) is 23.7 Å². The van der Waals surface area contributed by atoms with E-state index in [0.29, 0.717) is 29.8 Å². The summed E-state index contributed by atoms with van der Waals surface area (Å²) in [6, 6.07) is 9.82. The molecule has 0 aliphatic heterocycles. The van der Waals surface area contributed by atoms with Gasteiger partial charge in [-0.2, -0.15) is 13.2 Å². The fourth-order valence-corrected chi connectivity index (χ4v) is 4.02. The summed E-state index contributed by atoms with van der Waals surface area (Å²) in [5.74, 6) is 0.106. The monoisotopic (exact) mass is 492 g/mol. The first-order valence-electron chi connectivity index (χ1n) is 9.74. The van der Waals surface area contributed by atoms with Gasteiger partial charge in [-0.3, -0.25) is 9.10 Å². The summed E-state index contributed by atoms with van der Waals surface area (Å²) in [6.45, 7) is 2.03. The van der Waals surface area contributed by atoms with Gasteiger partial charge in [0.25, 0.3) is 0 Å². The molecule has 0 aliphatic carbocycles. The minimum absolute atomic E-state index is 0.216. The summed E-state index contributed by atoms with van der Waals surface area (Å²) in [4.78, 5) is 12.3. The van der Waals surface area contributed by atoms with E-state index >= 15 is 0 Å². The Morgan fingerprint density at radius 1 is 1.16 bits per heavy atom. The molecule has 0 radical (unpaired) electrons. The van der Waals surface area contributed by atoms with Gasteiger partial charge in [0, 0.05) is 6.54 Å². The van der Waals surface area contributed by atoms with Crippen LogP contribution in [-0.4, -0.2) is 40.3 Å². The van der Waals surface area contributed by atoms with Crippen molar-refractivity contribution in [2.24, 2.45) is 0 Å². The molecule has 1 amide bonds. The van der Waals surface area contributed by atoms with Crippen LogP contribution >= 0.6 is 11.6 Å². The highest BCUT2D eigenvalue weighted by molar-refractivity contribution is 7.92. The number of aryl methyl sites for hydroxylation is 1. The molecule has 0 atom stereocenters. The van der Waals surface area contributed by atoms with E-state index in [1.54, 1.807) is 0 Å². The normalized spacial score (nSPS) is 11.8. The molecule has 2 aromatic rings. The van der Waals surface area contributed by atoms with Gasteiger partial charge >= 0.3 is 6.18 Å². The number of benzene rings is 2. The molecular weight excluding hydrogens is 469 g/mol. The van der Waals surface area contributed by atoms with Crippen molar-refractivity contribution < 1.29 is 31.1 Å². The van der Waals surface area contributed by atoms with Crippen molar-refractivity contribution in [3.8, 4) is 5.75 Å². The fraction of sp³-hybridized carbons (Fsp3) is 0.381. The molecule has 0 fully saturated rings. The number of rotatable bonds is 10. The van der Waals surface area contributed by atoms with Crippen LogP contribution in [0.15, 0.2) is 42.5 Å². The molecule has 0 bridgehead atoms. The first-order chi connectivity index (χ1) is 14.9. The summed E-state index contributed by atoms with van der Waals surface area (Å²) >= 11 is 5.94. The van der Waals surface area contributed by atoms with Crippen LogP contribution in [0.4, 0.5) is 18.9 Å². The number of nitrogens with zero attached hydrogens (tertiary/aromatic N) is 1. The van der Waals surface area contributed by atoms with Crippen molar-refractivity contribution in [3.63, 3.8) is 0 Å². The first-order valence-corrected chi connectivity index (χ1v) is 12.0. The van der Waals surface area contributed by atoms with Gasteiger partial charge < -0.3 is 10.1 Å². The van der Waals surface area contributed by atoms with Crippen LogP contribution in [0.5, 0.6) is 5.75 Å². The number of carbonyl (C=O) groups excluding carboxylic acids is 1. The Morgan fingerprint density at radius 2 is 1.81 bits per heavy atom. The van der Waals surface area contributed by atoms with Crippen LogP contribution in [0.25, 0.3) is 0 Å². The minimum Gasteiger partial charge on any atom is -0.494 e. The van der Waals surface area contributed by atoms with Crippen LogP contribution in [0.3, 0.4) is 0 Å². The Hall–Kier alpha value is -2.46. The summed E-state index contributed by atoms with van der Waals surface area (Å²) in [7, 11) is -4.07. The Labute approximate surface area is 190 Å². The maximum absolute atomic E-state index is 13.0. The number of amides is 1. The molecular formula is C21H24ClF3N2O4S. The molecule has 2 aromatic carbocycles. The SMILES string of the molecule is CCOc1ccc(CCCNC(=O)CN(c2cc(C(F)(F)F)ccc2Cl)S(C)(=O)=O)cc1. The van der Waals surface area contributed by atoms with Crippen molar-refractivity contribution in [1.29, 1.82) is 0 Å². The smallest absolute Gasteiger partial charge is 0.416 e. The molecule has 11 heteroatoms. The highest BCUT2D eigenvalue weighted by Crippen LogP contribution is 2.36. The Bertz CT molecular complexity index is 1030. The van der Waals surface area contributed by atoms with E-state index in [-0.39, 0.29) is 11.6 Å². The number of nitrogens with one attached hydrogen (secondary N) is 1. The van der Waals surface area contributed by atoms with E-state index in [1.165, 1.54) is 0 Å². The zero-order valence-electron chi connectivity index (χ0n) is 17.6. The molecule has 0 heterocycles. The van der Waals surface area contributed by atoms with Gasteiger partial charge in [0.15, 0.2) is 0 Å². The fourth-order valence-electron chi connectivity index (χ4n) is 2.89. The van der Waals surface area contributed by atoms with Crippen molar-refractivity contribution in [1.82, 2.24) is 5.32 Å². The number of alkyl halides is 3. The molecule has 1 N–H and O–H groups in total. The summed E-state index contributed by atoms with van der Waals surface area (Å²) in [5.41, 5.74) is -0.439. The summed E-state index contributed by atoms with van der Waals surface area (Å²) in [6.07, 6.45) is -2.64. The second-order valence-electron chi connectivity index (χ2n) is 6.96. The maximum atomic E-state index is 13.0. The van der Waals surface area contributed by atoms with Gasteiger partial charge in [-0.15, -0.1) is 0 Å². The highest BCUT2D eigenvalue weighted by Gasteiger charge is 2.33. The van der Waals surface area contributed by atoms with Gasteiger partial charge in [0.1, 0.15) is 12.3 Å². The number of hydrogen-bond acceptors (Lipinski definition) is 4. The lowest BCUT2D eigenvalue weighted by Crippen LogP contribution is -2.41. The molecule has 32 heavy (non-hydrogen) atoms. The lowest BCUT2D eigenvalue weighted by atomic mass is 10.1. The van der Waals surface area contributed by atoms with Crippen LogP contribution in [-0.2, 0) is 27.4 Å². The number of hydrogen-bond donors (Lipinski definition) is 1. The molecule has 6 nitrogen and oxygen atoms in total. The van der Waals surface area contributed by atoms with E-state index in [0.717, 1.165) is 29.7 Å². The molecule has 0 aromatic heterocycles. The van der Waals surface area contributed by atoms with Crippen LogP contribution in [0, 0.1) is 0 Å². The Balaban J connectivity index is 1.99. The van der Waals surface area contributed by atoms with E-state index < -0.39 is 39.9 Å². The minimum atomic E-state index is -4.69. The van der Waals surface area contributed by atoms with Crippen molar-refractivity contribution in [3.05, 3.63) is 58.6 Å². The predicted molar refractivity (Wildman–Crippen MR) is 118 cm³/mol. The quantitative estimate of drug-likeness (QED) is 0.502. The van der Waals surface area contributed by atoms with Gasteiger partial charge in [0.05, 0.1) is 29.1 Å². The maximum Gasteiger partial charge on any atom is 0.416 e. The molecule has 0 saturated carbocycles. The average Bonchev–Trinajstić information content (AvgIpc) is 2.70. The molecule has 0 spiro atoms. The third kappa shape index (κ3) is 7.59. The molecule has 2 rings (SSSR count). The second-order valence-corrected chi connectivity index (χ2v) is 9.28. The topological polar surface area (TPSA) is 75.7 Å². The predicted octanol–water partition coefficient (Wildman–Crippen LogP) is 4.27. The zero-order chi connectivity index (χ0) is 23.9. The number of sulfonamides is 1. The van der Waals surface area contributed by atoms with Crippen molar-refractivity contribution in [2.45, 2.75) is 25.9 Å². The lowest BCUT2D eigenvalue weighted by Gasteiger charge is -2.24. The Kier molecular flexibility index (Phi) is 8.80. The Morgan fingerprint density at radius 3 is 2.38 bits per heavy atom. The molecule has 176 valence electrons. The van der Waals surface area contributed by atoms with E-state index in [4.69, 9.17) is 16.3 Å². The number of ether oxygens (including phenoxy) is 1. The average molecular weight is 493 g/mol. The number of carbonyl (C=O) groups is 1. The van der Waals surface area contributed by atoms with Crippen LogP contribution in [0.2, 0.25) is 5.02 Å². The van der Waals surface area contributed by atoms with Crippen LogP contribution in [0.1, 0.15) is 24.5 Å². The second kappa shape index (κ2) is 10.9. The first kappa shape index (κ1) is 25.8. The largest absolute Gasteiger partial charge is 0.494 e. The van der Waals surface area contributed by atoms with E-state index in [9.17, 15) is 26.4 Å². The summed E-state index contributed by atoms with van der Waals surface area (Å²) in [5, 5.41) is 2.37.